The smallest absolute Gasteiger partial charge is 0.00684 e. The molecule has 0 saturated heterocycles. The summed E-state index contributed by atoms with van der Waals surface area (Å²) >= 11 is 0. The Balaban J connectivity index is 0. The molecule has 0 unspecified atom stereocenters. The lowest BCUT2D eigenvalue weighted by Crippen LogP contribution is -2.07. The van der Waals surface area contributed by atoms with Gasteiger partial charge in [-0.15, -0.1) is 0 Å². The molecule has 1 aromatic rings. The highest BCUT2D eigenvalue weighted by atomic mass is 31.1. The van der Waals surface area contributed by atoms with Crippen LogP contribution in [0.15, 0.2) is 24.3 Å². The van der Waals surface area contributed by atoms with Crippen LogP contribution in [-0.4, -0.2) is 22.6 Å². The maximum absolute atomic E-state index is 2.50. The van der Waals surface area contributed by atoms with E-state index < -0.39 is 0 Å². The number of benzene rings is 1. The zero-order valence-corrected chi connectivity index (χ0v) is 17.7. The van der Waals surface area contributed by atoms with Crippen molar-refractivity contribution < 1.29 is 0 Å². The van der Waals surface area contributed by atoms with E-state index in [1.807, 2.05) is 0 Å². The van der Waals surface area contributed by atoms with Gasteiger partial charge >= 0.3 is 0 Å². The number of rotatable bonds is 8. The summed E-state index contributed by atoms with van der Waals surface area (Å²) < 4.78 is 0. The Morgan fingerprint density at radius 1 is 0.625 bits per heavy atom. The van der Waals surface area contributed by atoms with Crippen LogP contribution in [-0.2, 0) is 12.3 Å². The Morgan fingerprint density at radius 3 is 1.17 bits per heavy atom. The van der Waals surface area contributed by atoms with Crippen LogP contribution in [0.4, 0.5) is 0 Å². The van der Waals surface area contributed by atoms with Gasteiger partial charge in [-0.3, -0.25) is 0 Å². The van der Waals surface area contributed by atoms with Crippen LogP contribution >= 0.6 is 15.8 Å². The van der Waals surface area contributed by atoms with Gasteiger partial charge < -0.3 is 0 Å². The monoisotopic (exact) mass is 370 g/mol. The summed E-state index contributed by atoms with van der Waals surface area (Å²) in [4.78, 5) is 0. The summed E-state index contributed by atoms with van der Waals surface area (Å²) in [5.41, 5.74) is 6.41. The van der Waals surface area contributed by atoms with Crippen molar-refractivity contribution in [2.75, 3.05) is 0 Å². The fourth-order valence-electron chi connectivity index (χ4n) is 3.17. The minimum Gasteiger partial charge on any atom is -0.0970 e. The van der Waals surface area contributed by atoms with E-state index in [1.54, 1.807) is 11.1 Å². The fraction of sp³-hybridized carbons (Fsp3) is 0.727. The van der Waals surface area contributed by atoms with E-state index in [2.05, 4.69) is 79.7 Å². The molecule has 0 radical (unpaired) electrons. The molecule has 0 N–H and O–H groups in total. The van der Waals surface area contributed by atoms with Gasteiger partial charge in [0.2, 0.25) is 0 Å². The SMILES string of the molecule is C.C.CC(C)P(Cc1cccc(CP(C(C)C)C(C)C)c1)C(C)C. The predicted molar refractivity (Wildman–Crippen MR) is 122 cm³/mol. The van der Waals surface area contributed by atoms with E-state index in [0.29, 0.717) is 0 Å². The maximum atomic E-state index is 2.50. The van der Waals surface area contributed by atoms with Crippen LogP contribution in [0.5, 0.6) is 0 Å². The zero-order chi connectivity index (χ0) is 16.9. The van der Waals surface area contributed by atoms with E-state index >= 15 is 0 Å². The fourth-order valence-corrected chi connectivity index (χ4v) is 8.25. The Morgan fingerprint density at radius 2 is 0.917 bits per heavy atom. The van der Waals surface area contributed by atoms with Crippen LogP contribution in [0.25, 0.3) is 0 Å². The summed E-state index contributed by atoms with van der Waals surface area (Å²) in [6.45, 7) is 19.2. The molecule has 0 spiro atoms. The van der Waals surface area contributed by atoms with Crippen molar-refractivity contribution in [1.29, 1.82) is 0 Å². The lowest BCUT2D eigenvalue weighted by atomic mass is 10.2. The first-order chi connectivity index (χ1) is 10.2. The van der Waals surface area contributed by atoms with Gasteiger partial charge in [0.25, 0.3) is 0 Å². The molecule has 0 saturated carbocycles. The van der Waals surface area contributed by atoms with Gasteiger partial charge in [-0.1, -0.05) is 110 Å². The quantitative estimate of drug-likeness (QED) is 0.402. The highest BCUT2D eigenvalue weighted by Gasteiger charge is 2.19. The highest BCUT2D eigenvalue weighted by molar-refractivity contribution is 7.58. The van der Waals surface area contributed by atoms with E-state index in [0.717, 1.165) is 22.6 Å². The van der Waals surface area contributed by atoms with Crippen molar-refractivity contribution in [3.8, 4) is 0 Å². The maximum Gasteiger partial charge on any atom is -0.00684 e. The first-order valence-electron chi connectivity index (χ1n) is 8.81. The average molecular weight is 371 g/mol. The summed E-state index contributed by atoms with van der Waals surface area (Å²) in [5.74, 6) is 0. The van der Waals surface area contributed by atoms with Gasteiger partial charge in [-0.05, 0) is 46.1 Å². The van der Waals surface area contributed by atoms with Crippen molar-refractivity contribution in [1.82, 2.24) is 0 Å². The van der Waals surface area contributed by atoms with Crippen molar-refractivity contribution >= 4 is 15.8 Å². The Bertz CT molecular complexity index is 382. The van der Waals surface area contributed by atoms with Gasteiger partial charge in [0.05, 0.1) is 0 Å². The van der Waals surface area contributed by atoms with Crippen LogP contribution in [0.3, 0.4) is 0 Å². The molecule has 0 bridgehead atoms. The number of hydrogen-bond acceptors (Lipinski definition) is 0. The molecule has 2 heteroatoms. The Hall–Kier alpha value is 0.0800. The molecule has 0 aliphatic rings. The first kappa shape index (κ1) is 26.3. The minimum atomic E-state index is 0. The summed E-state index contributed by atoms with van der Waals surface area (Å²) in [6, 6.07) is 9.47. The second-order valence-corrected chi connectivity index (χ2v) is 14.4. The molecular formula is C22H44P2. The Labute approximate surface area is 156 Å². The average Bonchev–Trinajstić information content (AvgIpc) is 2.41. The highest BCUT2D eigenvalue weighted by Crippen LogP contribution is 2.50. The molecule has 142 valence electrons. The van der Waals surface area contributed by atoms with Crippen LogP contribution < -0.4 is 0 Å². The second-order valence-electron chi connectivity index (χ2n) is 7.54. The standard InChI is InChI=1S/C20H36P2.2CH4/c1-15(2)21(16(3)4)13-19-10-9-11-20(12-19)14-22(17(5)6)18(7)8;;/h9-12,15-18H,13-14H2,1-8H3;2*1H4. The molecule has 0 nitrogen and oxygen atoms in total. The normalized spacial score (nSPS) is 11.6. The van der Waals surface area contributed by atoms with E-state index in [9.17, 15) is 0 Å². The summed E-state index contributed by atoms with van der Waals surface area (Å²) in [7, 11) is 0.185. The molecule has 0 atom stereocenters. The third-order valence-corrected chi connectivity index (χ3v) is 11.1. The van der Waals surface area contributed by atoms with Gasteiger partial charge in [0.1, 0.15) is 0 Å². The number of hydrogen-bond donors (Lipinski definition) is 0. The molecule has 0 aliphatic heterocycles. The van der Waals surface area contributed by atoms with Gasteiger partial charge in [-0.2, -0.15) is 0 Å². The molecule has 0 amide bonds. The van der Waals surface area contributed by atoms with E-state index in [4.69, 9.17) is 0 Å². The first-order valence-corrected chi connectivity index (χ1v) is 12.1. The third-order valence-electron chi connectivity index (χ3n) is 4.37. The largest absolute Gasteiger partial charge is 0.0970 e. The molecule has 1 aromatic carbocycles. The molecular weight excluding hydrogens is 326 g/mol. The third kappa shape index (κ3) is 8.45. The van der Waals surface area contributed by atoms with Crippen molar-refractivity contribution in [3.05, 3.63) is 35.4 Å². The Kier molecular flexibility index (Phi) is 13.6. The van der Waals surface area contributed by atoms with Crippen molar-refractivity contribution in [3.63, 3.8) is 0 Å². The minimum absolute atomic E-state index is 0. The lowest BCUT2D eigenvalue weighted by molar-refractivity contribution is 0.991. The molecule has 0 aliphatic carbocycles. The molecule has 1 rings (SSSR count). The van der Waals surface area contributed by atoms with Crippen LogP contribution in [0.2, 0.25) is 0 Å². The van der Waals surface area contributed by atoms with Gasteiger partial charge in [0.15, 0.2) is 0 Å². The van der Waals surface area contributed by atoms with E-state index in [-0.39, 0.29) is 30.7 Å². The van der Waals surface area contributed by atoms with Gasteiger partial charge in [-0.25, -0.2) is 0 Å². The van der Waals surface area contributed by atoms with Crippen LogP contribution in [0, 0.1) is 0 Å². The predicted octanol–water partition coefficient (Wildman–Crippen LogP) is 8.56. The molecule has 24 heavy (non-hydrogen) atoms. The summed E-state index contributed by atoms with van der Waals surface area (Å²) in [5, 5.41) is 0. The molecule has 0 heterocycles. The lowest BCUT2D eigenvalue weighted by Gasteiger charge is -2.27. The molecule has 0 fully saturated rings. The van der Waals surface area contributed by atoms with Crippen molar-refractivity contribution in [2.45, 2.75) is 105 Å². The van der Waals surface area contributed by atoms with Gasteiger partial charge in [0, 0.05) is 0 Å². The van der Waals surface area contributed by atoms with E-state index in [1.165, 1.54) is 12.3 Å². The van der Waals surface area contributed by atoms with Crippen LogP contribution in [0.1, 0.15) is 81.4 Å². The van der Waals surface area contributed by atoms with Crippen molar-refractivity contribution in [2.24, 2.45) is 0 Å². The second kappa shape index (κ2) is 12.4. The topological polar surface area (TPSA) is 0 Å². The molecule has 0 aromatic heterocycles. The zero-order valence-electron chi connectivity index (χ0n) is 15.9. The summed E-state index contributed by atoms with van der Waals surface area (Å²) in [6.07, 6.45) is 2.58.